The monoisotopic (exact) mass is 360 g/mol. The lowest BCUT2D eigenvalue weighted by atomic mass is 10.2. The third-order valence-corrected chi connectivity index (χ3v) is 3.52. The molecule has 2 aromatic rings. The molecule has 7 heteroatoms. The van der Waals surface area contributed by atoms with Crippen molar-refractivity contribution >= 4 is 44.8 Å². The highest BCUT2D eigenvalue weighted by Crippen LogP contribution is 2.24. The van der Waals surface area contributed by atoms with Crippen molar-refractivity contribution in [2.45, 2.75) is 0 Å². The quantitative estimate of drug-likeness (QED) is 0.622. The Morgan fingerprint density at radius 2 is 1.90 bits per heavy atom. The van der Waals surface area contributed by atoms with Crippen molar-refractivity contribution in [2.24, 2.45) is 0 Å². The van der Waals surface area contributed by atoms with Crippen LogP contribution in [0.5, 0.6) is 0 Å². The summed E-state index contributed by atoms with van der Waals surface area (Å²) in [6.07, 6.45) is 0. The summed E-state index contributed by atoms with van der Waals surface area (Å²) in [7, 11) is 0. The van der Waals surface area contributed by atoms with Gasteiger partial charge >= 0.3 is 0 Å². The summed E-state index contributed by atoms with van der Waals surface area (Å²) in [5.74, 6) is -2.56. The Morgan fingerprint density at radius 1 is 1.20 bits per heavy atom. The van der Waals surface area contributed by atoms with E-state index in [0.717, 1.165) is 12.1 Å². The van der Waals surface area contributed by atoms with E-state index in [-0.39, 0.29) is 5.02 Å². The maximum absolute atomic E-state index is 13.6. The van der Waals surface area contributed by atoms with Crippen molar-refractivity contribution in [3.8, 4) is 0 Å². The van der Waals surface area contributed by atoms with E-state index in [1.54, 1.807) is 12.1 Å². The summed E-state index contributed by atoms with van der Waals surface area (Å²) in [5, 5.41) is 2.04. The molecule has 20 heavy (non-hydrogen) atoms. The first-order chi connectivity index (χ1) is 9.38. The van der Waals surface area contributed by atoms with Crippen LogP contribution in [-0.4, -0.2) is 5.91 Å². The fourth-order valence-corrected chi connectivity index (χ4v) is 1.91. The SMILES string of the molecule is Nc1cc(NC(=O)c2cc(F)c(Cl)cc2F)ccc1Br. The Hall–Kier alpha value is -1.66. The van der Waals surface area contributed by atoms with Crippen LogP contribution in [0.25, 0.3) is 0 Å². The Balaban J connectivity index is 2.28. The van der Waals surface area contributed by atoms with Gasteiger partial charge in [0.05, 0.1) is 10.6 Å². The molecule has 0 spiro atoms. The molecule has 0 saturated carbocycles. The molecule has 0 radical (unpaired) electrons. The van der Waals surface area contributed by atoms with Gasteiger partial charge in [-0.2, -0.15) is 0 Å². The zero-order valence-corrected chi connectivity index (χ0v) is 12.2. The molecule has 2 aromatic carbocycles. The summed E-state index contributed by atoms with van der Waals surface area (Å²) < 4.78 is 27.5. The summed E-state index contributed by atoms with van der Waals surface area (Å²) in [5.41, 5.74) is 6.00. The lowest BCUT2D eigenvalue weighted by molar-refractivity contribution is 0.102. The minimum Gasteiger partial charge on any atom is -0.398 e. The van der Waals surface area contributed by atoms with Crippen molar-refractivity contribution in [1.82, 2.24) is 0 Å². The Labute approximate surface area is 126 Å². The van der Waals surface area contributed by atoms with Gasteiger partial charge in [-0.15, -0.1) is 0 Å². The van der Waals surface area contributed by atoms with Crippen LogP contribution in [0, 0.1) is 11.6 Å². The molecule has 2 rings (SSSR count). The van der Waals surface area contributed by atoms with Gasteiger partial charge in [0.2, 0.25) is 0 Å². The van der Waals surface area contributed by atoms with Gasteiger partial charge < -0.3 is 11.1 Å². The number of nitrogen functional groups attached to an aromatic ring is 1. The molecule has 0 bridgehead atoms. The van der Waals surface area contributed by atoms with Crippen LogP contribution in [0.4, 0.5) is 20.2 Å². The fourth-order valence-electron chi connectivity index (χ4n) is 1.52. The Kier molecular flexibility index (Phi) is 4.25. The molecular weight excluding hydrogens is 354 g/mol. The Bertz CT molecular complexity index is 694. The first-order valence-corrected chi connectivity index (χ1v) is 6.56. The number of carbonyl (C=O) groups excluding carboxylic acids is 1. The van der Waals surface area contributed by atoms with Crippen LogP contribution in [0.3, 0.4) is 0 Å². The number of hydrogen-bond acceptors (Lipinski definition) is 2. The molecular formula is C13H8BrClF2N2O. The first-order valence-electron chi connectivity index (χ1n) is 5.39. The smallest absolute Gasteiger partial charge is 0.258 e. The zero-order chi connectivity index (χ0) is 14.9. The number of benzene rings is 2. The molecule has 0 fully saturated rings. The summed E-state index contributed by atoms with van der Waals surface area (Å²) in [6, 6.07) is 6.19. The van der Waals surface area contributed by atoms with Crippen LogP contribution in [0.15, 0.2) is 34.8 Å². The fraction of sp³-hybridized carbons (Fsp3) is 0. The highest BCUT2D eigenvalue weighted by molar-refractivity contribution is 9.10. The predicted octanol–water partition coefficient (Wildman–Crippen LogP) is 4.22. The molecule has 0 aromatic heterocycles. The van der Waals surface area contributed by atoms with E-state index in [0.29, 0.717) is 15.8 Å². The van der Waals surface area contributed by atoms with Crippen molar-refractivity contribution in [3.63, 3.8) is 0 Å². The number of amides is 1. The molecule has 0 atom stereocenters. The van der Waals surface area contributed by atoms with Gasteiger partial charge in [0.15, 0.2) is 0 Å². The van der Waals surface area contributed by atoms with Gasteiger partial charge in [0, 0.05) is 15.8 Å². The van der Waals surface area contributed by atoms with Gasteiger partial charge in [-0.3, -0.25) is 4.79 Å². The number of carbonyl (C=O) groups is 1. The number of hydrogen-bond donors (Lipinski definition) is 2. The van der Waals surface area contributed by atoms with E-state index in [1.807, 2.05) is 0 Å². The summed E-state index contributed by atoms with van der Waals surface area (Å²) in [6.45, 7) is 0. The number of rotatable bonds is 2. The second-order valence-electron chi connectivity index (χ2n) is 3.94. The van der Waals surface area contributed by atoms with E-state index in [2.05, 4.69) is 21.2 Å². The third kappa shape index (κ3) is 3.08. The molecule has 104 valence electrons. The average molecular weight is 362 g/mol. The average Bonchev–Trinajstić information content (AvgIpc) is 2.38. The van der Waals surface area contributed by atoms with Crippen molar-refractivity contribution < 1.29 is 13.6 Å². The molecule has 0 saturated heterocycles. The molecule has 1 amide bonds. The molecule has 3 N–H and O–H groups in total. The van der Waals surface area contributed by atoms with E-state index >= 15 is 0 Å². The molecule has 3 nitrogen and oxygen atoms in total. The van der Waals surface area contributed by atoms with Crippen molar-refractivity contribution in [2.75, 3.05) is 11.1 Å². The summed E-state index contributed by atoms with van der Waals surface area (Å²) in [4.78, 5) is 11.9. The zero-order valence-electron chi connectivity index (χ0n) is 9.88. The van der Waals surface area contributed by atoms with Crippen LogP contribution >= 0.6 is 27.5 Å². The number of anilines is 2. The van der Waals surface area contributed by atoms with Gasteiger partial charge in [0.1, 0.15) is 11.6 Å². The molecule has 0 aliphatic carbocycles. The lowest BCUT2D eigenvalue weighted by Gasteiger charge is -2.08. The first kappa shape index (κ1) is 14.7. The molecule has 0 unspecified atom stereocenters. The van der Waals surface area contributed by atoms with Crippen LogP contribution < -0.4 is 11.1 Å². The second-order valence-corrected chi connectivity index (χ2v) is 5.20. The van der Waals surface area contributed by atoms with Crippen LogP contribution in [0.1, 0.15) is 10.4 Å². The van der Waals surface area contributed by atoms with E-state index in [1.165, 1.54) is 6.07 Å². The highest BCUT2D eigenvalue weighted by atomic mass is 79.9. The number of halogens is 4. The number of nitrogens with two attached hydrogens (primary N) is 1. The van der Waals surface area contributed by atoms with Crippen LogP contribution in [-0.2, 0) is 0 Å². The third-order valence-electron chi connectivity index (χ3n) is 2.51. The standard InChI is InChI=1S/C13H8BrClF2N2O/c14-8-2-1-6(3-12(8)18)19-13(20)7-4-11(17)9(15)5-10(7)16/h1-5H,18H2,(H,19,20). The van der Waals surface area contributed by atoms with Gasteiger partial charge in [-0.05, 0) is 46.3 Å². The minimum atomic E-state index is -0.904. The maximum atomic E-state index is 13.6. The molecule has 0 aliphatic heterocycles. The summed E-state index contributed by atoms with van der Waals surface area (Å²) >= 11 is 8.63. The van der Waals surface area contributed by atoms with Gasteiger partial charge in [-0.25, -0.2) is 8.78 Å². The van der Waals surface area contributed by atoms with Crippen molar-refractivity contribution in [1.29, 1.82) is 0 Å². The minimum absolute atomic E-state index is 0.366. The van der Waals surface area contributed by atoms with E-state index in [9.17, 15) is 13.6 Å². The van der Waals surface area contributed by atoms with E-state index < -0.39 is 23.1 Å². The van der Waals surface area contributed by atoms with Crippen molar-refractivity contribution in [3.05, 3.63) is 57.0 Å². The lowest BCUT2D eigenvalue weighted by Crippen LogP contribution is -2.14. The predicted molar refractivity (Wildman–Crippen MR) is 77.9 cm³/mol. The second kappa shape index (κ2) is 5.76. The largest absolute Gasteiger partial charge is 0.398 e. The van der Waals surface area contributed by atoms with E-state index in [4.69, 9.17) is 17.3 Å². The topological polar surface area (TPSA) is 55.1 Å². The van der Waals surface area contributed by atoms with Gasteiger partial charge in [-0.1, -0.05) is 11.6 Å². The normalized spacial score (nSPS) is 10.4. The number of nitrogens with one attached hydrogen (secondary N) is 1. The highest BCUT2D eigenvalue weighted by Gasteiger charge is 2.15. The Morgan fingerprint density at radius 3 is 2.55 bits per heavy atom. The van der Waals surface area contributed by atoms with Crippen LogP contribution in [0.2, 0.25) is 5.02 Å². The van der Waals surface area contributed by atoms with Gasteiger partial charge in [0.25, 0.3) is 5.91 Å². The molecule has 0 heterocycles. The maximum Gasteiger partial charge on any atom is 0.258 e. The molecule has 0 aliphatic rings.